The van der Waals surface area contributed by atoms with Gasteiger partial charge in [0.05, 0.1) is 16.6 Å². The molecule has 0 amide bonds. The van der Waals surface area contributed by atoms with Gasteiger partial charge in [0, 0.05) is 5.56 Å². The molecule has 0 saturated carbocycles. The predicted octanol–water partition coefficient (Wildman–Crippen LogP) is 2.92. The lowest BCUT2D eigenvalue weighted by Crippen LogP contribution is -1.88. The summed E-state index contributed by atoms with van der Waals surface area (Å²) in [6.45, 7) is 0. The molecule has 0 fully saturated rings. The van der Waals surface area contributed by atoms with Crippen molar-refractivity contribution in [3.8, 4) is 5.75 Å². The molecule has 0 N–H and O–H groups in total. The van der Waals surface area contributed by atoms with Gasteiger partial charge in [-0.2, -0.15) is 0 Å². The highest BCUT2D eigenvalue weighted by Crippen LogP contribution is 2.33. The molecule has 64 valence electrons. The lowest BCUT2D eigenvalue weighted by Gasteiger charge is -2.05. The van der Waals surface area contributed by atoms with E-state index in [4.69, 9.17) is 16.3 Å². The molecule has 0 radical (unpaired) electrons. The van der Waals surface area contributed by atoms with Crippen molar-refractivity contribution < 1.29 is 9.53 Å². The van der Waals surface area contributed by atoms with E-state index in [0.29, 0.717) is 27.1 Å². The van der Waals surface area contributed by atoms with Gasteiger partial charge in [-0.05, 0) is 28.1 Å². The van der Waals surface area contributed by atoms with Gasteiger partial charge < -0.3 is 4.74 Å². The number of methoxy groups -OCH3 is 1. The van der Waals surface area contributed by atoms with E-state index >= 15 is 0 Å². The van der Waals surface area contributed by atoms with Crippen LogP contribution in [0.1, 0.15) is 10.4 Å². The van der Waals surface area contributed by atoms with Crippen LogP contribution in [0.3, 0.4) is 0 Å². The maximum atomic E-state index is 10.4. The molecule has 0 unspecified atom stereocenters. The summed E-state index contributed by atoms with van der Waals surface area (Å²) in [4.78, 5) is 10.4. The Labute approximate surface area is 83.6 Å². The van der Waals surface area contributed by atoms with Crippen molar-refractivity contribution in [2.24, 2.45) is 0 Å². The number of benzene rings is 1. The molecule has 0 aliphatic carbocycles. The summed E-state index contributed by atoms with van der Waals surface area (Å²) in [6.07, 6.45) is 0.701. The lowest BCUT2D eigenvalue weighted by atomic mass is 10.2. The molecule has 4 heteroatoms. The number of hydrogen-bond acceptors (Lipinski definition) is 2. The molecule has 0 heterocycles. The maximum Gasteiger partial charge on any atom is 0.151 e. The highest BCUT2D eigenvalue weighted by molar-refractivity contribution is 9.10. The zero-order valence-corrected chi connectivity index (χ0v) is 8.65. The molecule has 1 rings (SSSR count). The van der Waals surface area contributed by atoms with Crippen LogP contribution in [-0.2, 0) is 0 Å². The minimum atomic E-state index is 0.379. The van der Waals surface area contributed by atoms with Crippen LogP contribution in [-0.4, -0.2) is 13.4 Å². The second-order valence-electron chi connectivity index (χ2n) is 2.10. The van der Waals surface area contributed by atoms with Crippen LogP contribution in [0, 0.1) is 0 Å². The van der Waals surface area contributed by atoms with Crippen LogP contribution in [0.15, 0.2) is 16.6 Å². The van der Waals surface area contributed by atoms with E-state index in [0.717, 1.165) is 0 Å². The summed E-state index contributed by atoms with van der Waals surface area (Å²) in [7, 11) is 1.54. The minimum absolute atomic E-state index is 0.379. The first-order chi connectivity index (χ1) is 5.70. The van der Waals surface area contributed by atoms with Crippen molar-refractivity contribution in [1.82, 2.24) is 0 Å². The Balaban J connectivity index is 3.29. The van der Waals surface area contributed by atoms with Gasteiger partial charge in [0.2, 0.25) is 0 Å². The van der Waals surface area contributed by atoms with Gasteiger partial charge in [0.25, 0.3) is 0 Å². The van der Waals surface area contributed by atoms with E-state index in [2.05, 4.69) is 15.9 Å². The number of aldehydes is 1. The maximum absolute atomic E-state index is 10.4. The number of halogens is 2. The van der Waals surface area contributed by atoms with Gasteiger partial charge in [0.1, 0.15) is 5.75 Å². The Kier molecular flexibility index (Phi) is 3.12. The molecule has 0 atom stereocenters. The molecule has 0 aliphatic heterocycles. The van der Waals surface area contributed by atoms with E-state index in [1.165, 1.54) is 7.11 Å². The quantitative estimate of drug-likeness (QED) is 0.753. The Bertz CT molecular complexity index is 312. The first-order valence-corrected chi connectivity index (χ1v) is 4.35. The van der Waals surface area contributed by atoms with Gasteiger partial charge in [-0.25, -0.2) is 0 Å². The molecule has 12 heavy (non-hydrogen) atoms. The average molecular weight is 249 g/mol. The van der Waals surface area contributed by atoms with Crippen LogP contribution in [0.5, 0.6) is 5.75 Å². The average Bonchev–Trinajstić information content (AvgIpc) is 2.10. The Hall–Kier alpha value is -0.540. The number of ether oxygens (including phenoxy) is 1. The first kappa shape index (κ1) is 9.55. The SMILES string of the molecule is COc1ccc(C=O)c(Cl)c1Br. The van der Waals surface area contributed by atoms with E-state index in [9.17, 15) is 4.79 Å². The van der Waals surface area contributed by atoms with E-state index < -0.39 is 0 Å². The molecule has 0 aliphatic rings. The van der Waals surface area contributed by atoms with E-state index in [1.54, 1.807) is 12.1 Å². The Morgan fingerprint density at radius 2 is 2.25 bits per heavy atom. The van der Waals surface area contributed by atoms with Crippen LogP contribution in [0.25, 0.3) is 0 Å². The van der Waals surface area contributed by atoms with Gasteiger partial charge in [-0.3, -0.25) is 4.79 Å². The summed E-state index contributed by atoms with van der Waals surface area (Å²) in [5, 5.41) is 0.379. The van der Waals surface area contributed by atoms with Crippen molar-refractivity contribution >= 4 is 33.8 Å². The Morgan fingerprint density at radius 1 is 1.58 bits per heavy atom. The number of rotatable bonds is 2. The third-order valence-corrected chi connectivity index (χ3v) is 2.85. The van der Waals surface area contributed by atoms with Gasteiger partial charge in [0.15, 0.2) is 6.29 Å². The Morgan fingerprint density at radius 3 is 2.75 bits per heavy atom. The highest BCUT2D eigenvalue weighted by Gasteiger charge is 2.08. The number of carbonyl (C=O) groups excluding carboxylic acids is 1. The standard InChI is InChI=1S/C8H6BrClO2/c1-12-6-3-2-5(4-11)8(10)7(6)9/h2-4H,1H3. The fourth-order valence-corrected chi connectivity index (χ4v) is 1.52. The minimum Gasteiger partial charge on any atom is -0.496 e. The molecular weight excluding hydrogens is 243 g/mol. The van der Waals surface area contributed by atoms with E-state index in [1.807, 2.05) is 0 Å². The molecule has 0 aromatic heterocycles. The number of carbonyl (C=O) groups is 1. The molecular formula is C8H6BrClO2. The first-order valence-electron chi connectivity index (χ1n) is 3.18. The van der Waals surface area contributed by atoms with Crippen LogP contribution in [0.4, 0.5) is 0 Å². The molecule has 2 nitrogen and oxygen atoms in total. The van der Waals surface area contributed by atoms with Crippen molar-refractivity contribution in [2.45, 2.75) is 0 Å². The summed E-state index contributed by atoms with van der Waals surface area (Å²) >= 11 is 9.04. The topological polar surface area (TPSA) is 26.3 Å². The van der Waals surface area contributed by atoms with Crippen molar-refractivity contribution in [2.75, 3.05) is 7.11 Å². The molecule has 1 aromatic rings. The smallest absolute Gasteiger partial charge is 0.151 e. The fraction of sp³-hybridized carbons (Fsp3) is 0.125. The third kappa shape index (κ3) is 1.62. The second-order valence-corrected chi connectivity index (χ2v) is 3.27. The van der Waals surface area contributed by atoms with Crippen LogP contribution in [0.2, 0.25) is 5.02 Å². The zero-order chi connectivity index (χ0) is 9.14. The lowest BCUT2D eigenvalue weighted by molar-refractivity contribution is 0.112. The molecule has 1 aromatic carbocycles. The number of hydrogen-bond donors (Lipinski definition) is 0. The normalized spacial score (nSPS) is 9.58. The summed E-state index contributed by atoms with van der Waals surface area (Å²) in [5.74, 6) is 0.616. The second kappa shape index (κ2) is 3.92. The third-order valence-electron chi connectivity index (χ3n) is 1.42. The highest BCUT2D eigenvalue weighted by atomic mass is 79.9. The summed E-state index contributed by atoms with van der Waals surface area (Å²) in [6, 6.07) is 3.29. The zero-order valence-electron chi connectivity index (χ0n) is 6.30. The molecule has 0 bridgehead atoms. The van der Waals surface area contributed by atoms with E-state index in [-0.39, 0.29) is 0 Å². The monoisotopic (exact) mass is 248 g/mol. The van der Waals surface area contributed by atoms with Crippen molar-refractivity contribution in [3.05, 3.63) is 27.2 Å². The molecule has 0 spiro atoms. The molecule has 0 saturated heterocycles. The largest absolute Gasteiger partial charge is 0.496 e. The predicted molar refractivity (Wildman–Crippen MR) is 51.1 cm³/mol. The van der Waals surface area contributed by atoms with Gasteiger partial charge >= 0.3 is 0 Å². The summed E-state index contributed by atoms with van der Waals surface area (Å²) < 4.78 is 5.59. The van der Waals surface area contributed by atoms with Crippen LogP contribution < -0.4 is 4.74 Å². The van der Waals surface area contributed by atoms with Crippen molar-refractivity contribution in [3.63, 3.8) is 0 Å². The fourth-order valence-electron chi connectivity index (χ4n) is 0.795. The van der Waals surface area contributed by atoms with Gasteiger partial charge in [-0.1, -0.05) is 11.6 Å². The summed E-state index contributed by atoms with van der Waals surface area (Å²) in [5.41, 5.74) is 0.448. The van der Waals surface area contributed by atoms with Crippen LogP contribution >= 0.6 is 27.5 Å². The van der Waals surface area contributed by atoms with Crippen molar-refractivity contribution in [1.29, 1.82) is 0 Å². The van der Waals surface area contributed by atoms with Gasteiger partial charge in [-0.15, -0.1) is 0 Å².